The van der Waals surface area contributed by atoms with Crippen LogP contribution in [0, 0.1) is 0 Å². The van der Waals surface area contributed by atoms with Crippen LogP contribution in [0.2, 0.25) is 0 Å². The van der Waals surface area contributed by atoms with Crippen molar-refractivity contribution in [2.24, 2.45) is 0 Å². The van der Waals surface area contributed by atoms with Gasteiger partial charge in [-0.2, -0.15) is 0 Å². The van der Waals surface area contributed by atoms with E-state index in [1.165, 1.54) is 0 Å². The number of hydrogen-bond acceptors (Lipinski definition) is 3. The zero-order chi connectivity index (χ0) is 13.0. The van der Waals surface area contributed by atoms with Crippen LogP contribution in [-0.4, -0.2) is 16.2 Å². The van der Waals surface area contributed by atoms with E-state index >= 15 is 0 Å². The first-order valence-electron chi connectivity index (χ1n) is 6.00. The lowest BCUT2D eigenvalue weighted by Crippen LogP contribution is -1.94. The molecule has 0 atom stereocenters. The van der Waals surface area contributed by atoms with Crippen LogP contribution in [0.5, 0.6) is 0 Å². The van der Waals surface area contributed by atoms with E-state index < -0.39 is 5.97 Å². The van der Waals surface area contributed by atoms with E-state index in [0.717, 1.165) is 36.3 Å². The van der Waals surface area contributed by atoms with Gasteiger partial charge < -0.3 is 9.63 Å². The van der Waals surface area contributed by atoms with Crippen LogP contribution >= 0.6 is 0 Å². The van der Waals surface area contributed by atoms with Crippen molar-refractivity contribution >= 4 is 5.97 Å². The molecule has 0 radical (unpaired) electrons. The van der Waals surface area contributed by atoms with Gasteiger partial charge in [-0.05, 0) is 18.6 Å². The molecule has 4 heteroatoms. The molecule has 2 aromatic rings. The van der Waals surface area contributed by atoms with Gasteiger partial charge in [0.25, 0.3) is 0 Å². The van der Waals surface area contributed by atoms with Gasteiger partial charge in [-0.25, -0.2) is 4.79 Å². The third kappa shape index (κ3) is 2.77. The molecule has 0 saturated heterocycles. The van der Waals surface area contributed by atoms with E-state index in [-0.39, 0.29) is 5.56 Å². The minimum absolute atomic E-state index is 0.272. The van der Waals surface area contributed by atoms with Gasteiger partial charge in [0.15, 0.2) is 0 Å². The summed E-state index contributed by atoms with van der Waals surface area (Å²) in [6.07, 6.45) is 3.08. The SMILES string of the molecule is CCCCc1cc(-c2ccc(C(=O)O)cc2)no1. The number of nitrogens with zero attached hydrogens (tertiary/aromatic N) is 1. The van der Waals surface area contributed by atoms with E-state index in [1.54, 1.807) is 24.3 Å². The molecule has 0 saturated carbocycles. The van der Waals surface area contributed by atoms with Crippen LogP contribution < -0.4 is 0 Å². The topological polar surface area (TPSA) is 63.3 Å². The second-order valence-electron chi connectivity index (χ2n) is 4.16. The van der Waals surface area contributed by atoms with Crippen molar-refractivity contribution in [3.63, 3.8) is 0 Å². The summed E-state index contributed by atoms with van der Waals surface area (Å²) in [4.78, 5) is 10.7. The first-order valence-corrected chi connectivity index (χ1v) is 6.00. The largest absolute Gasteiger partial charge is 0.478 e. The summed E-state index contributed by atoms with van der Waals surface area (Å²) in [5.41, 5.74) is 1.89. The molecule has 0 fully saturated rings. The number of aromatic nitrogens is 1. The molecule has 0 aliphatic rings. The smallest absolute Gasteiger partial charge is 0.335 e. The van der Waals surface area contributed by atoms with E-state index in [4.69, 9.17) is 9.63 Å². The Morgan fingerprint density at radius 3 is 2.67 bits per heavy atom. The van der Waals surface area contributed by atoms with Gasteiger partial charge >= 0.3 is 5.97 Å². The second kappa shape index (κ2) is 5.49. The van der Waals surface area contributed by atoms with Gasteiger partial charge in [-0.3, -0.25) is 0 Å². The molecular formula is C14H15NO3. The predicted molar refractivity (Wildman–Crippen MR) is 67.5 cm³/mol. The van der Waals surface area contributed by atoms with E-state index in [1.807, 2.05) is 6.07 Å². The second-order valence-corrected chi connectivity index (χ2v) is 4.16. The van der Waals surface area contributed by atoms with Crippen LogP contribution in [0.4, 0.5) is 0 Å². The summed E-state index contributed by atoms with van der Waals surface area (Å²) in [6.45, 7) is 2.13. The van der Waals surface area contributed by atoms with Crippen LogP contribution in [0.25, 0.3) is 11.3 Å². The standard InChI is InChI=1S/C14H15NO3/c1-2-3-4-12-9-13(15-18-12)10-5-7-11(8-6-10)14(16)17/h5-9H,2-4H2,1H3,(H,16,17). The lowest BCUT2D eigenvalue weighted by atomic mass is 10.1. The third-order valence-electron chi connectivity index (χ3n) is 2.76. The summed E-state index contributed by atoms with van der Waals surface area (Å²) in [5, 5.41) is 12.8. The number of benzene rings is 1. The molecule has 1 N–H and O–H groups in total. The molecular weight excluding hydrogens is 230 g/mol. The van der Waals surface area contributed by atoms with E-state index in [0.29, 0.717) is 0 Å². The molecule has 0 bridgehead atoms. The molecule has 2 rings (SSSR count). The highest BCUT2D eigenvalue weighted by Crippen LogP contribution is 2.20. The molecule has 0 spiro atoms. The number of hydrogen-bond donors (Lipinski definition) is 1. The maximum absolute atomic E-state index is 10.7. The van der Waals surface area contributed by atoms with Gasteiger partial charge in [-0.1, -0.05) is 30.6 Å². The van der Waals surface area contributed by atoms with Crippen LogP contribution in [-0.2, 0) is 6.42 Å². The first kappa shape index (κ1) is 12.4. The number of carbonyl (C=O) groups is 1. The normalized spacial score (nSPS) is 10.5. The predicted octanol–water partition coefficient (Wildman–Crippen LogP) is 3.38. The minimum atomic E-state index is -0.926. The highest BCUT2D eigenvalue weighted by atomic mass is 16.5. The van der Waals surface area contributed by atoms with Crippen molar-refractivity contribution in [1.82, 2.24) is 5.16 Å². The number of rotatable bonds is 5. The number of aryl methyl sites for hydroxylation is 1. The number of unbranched alkanes of at least 4 members (excludes halogenated alkanes) is 1. The van der Waals surface area contributed by atoms with Gasteiger partial charge in [-0.15, -0.1) is 0 Å². The molecule has 4 nitrogen and oxygen atoms in total. The Morgan fingerprint density at radius 1 is 1.33 bits per heavy atom. The fourth-order valence-electron chi connectivity index (χ4n) is 1.70. The van der Waals surface area contributed by atoms with Gasteiger partial charge in [0.05, 0.1) is 5.56 Å². The van der Waals surface area contributed by atoms with Crippen molar-refractivity contribution in [1.29, 1.82) is 0 Å². The maximum Gasteiger partial charge on any atom is 0.335 e. The molecule has 1 heterocycles. The van der Waals surface area contributed by atoms with Gasteiger partial charge in [0, 0.05) is 18.1 Å². The molecule has 0 unspecified atom stereocenters. The lowest BCUT2D eigenvalue weighted by Gasteiger charge is -1.96. The quantitative estimate of drug-likeness (QED) is 0.877. The first-order chi connectivity index (χ1) is 8.70. The molecule has 0 amide bonds. The molecule has 1 aromatic heterocycles. The zero-order valence-electron chi connectivity index (χ0n) is 10.2. The van der Waals surface area contributed by atoms with Gasteiger partial charge in [0.2, 0.25) is 0 Å². The fourth-order valence-corrected chi connectivity index (χ4v) is 1.70. The van der Waals surface area contributed by atoms with Crippen molar-refractivity contribution in [2.75, 3.05) is 0 Å². The summed E-state index contributed by atoms with van der Waals surface area (Å²) < 4.78 is 5.23. The Labute approximate surface area is 105 Å². The van der Waals surface area contributed by atoms with Crippen molar-refractivity contribution in [2.45, 2.75) is 26.2 Å². The van der Waals surface area contributed by atoms with Crippen molar-refractivity contribution in [3.8, 4) is 11.3 Å². The maximum atomic E-state index is 10.7. The van der Waals surface area contributed by atoms with Crippen LogP contribution in [0.3, 0.4) is 0 Å². The Morgan fingerprint density at radius 2 is 2.06 bits per heavy atom. The van der Waals surface area contributed by atoms with Crippen LogP contribution in [0.15, 0.2) is 34.9 Å². The number of carboxylic acid groups (broad SMARTS) is 1. The number of aromatic carboxylic acids is 1. The summed E-state index contributed by atoms with van der Waals surface area (Å²) >= 11 is 0. The van der Waals surface area contributed by atoms with E-state index in [2.05, 4.69) is 12.1 Å². The van der Waals surface area contributed by atoms with Crippen molar-refractivity contribution in [3.05, 3.63) is 41.7 Å². The van der Waals surface area contributed by atoms with Crippen LogP contribution in [0.1, 0.15) is 35.9 Å². The third-order valence-corrected chi connectivity index (χ3v) is 2.76. The number of carboxylic acids is 1. The highest BCUT2D eigenvalue weighted by molar-refractivity contribution is 5.88. The minimum Gasteiger partial charge on any atom is -0.478 e. The fraction of sp³-hybridized carbons (Fsp3) is 0.286. The Balaban J connectivity index is 2.15. The van der Waals surface area contributed by atoms with Crippen molar-refractivity contribution < 1.29 is 14.4 Å². The Bertz CT molecular complexity index is 528. The molecule has 0 aliphatic heterocycles. The molecule has 94 valence electrons. The average molecular weight is 245 g/mol. The molecule has 18 heavy (non-hydrogen) atoms. The van der Waals surface area contributed by atoms with Gasteiger partial charge in [0.1, 0.15) is 11.5 Å². The highest BCUT2D eigenvalue weighted by Gasteiger charge is 2.07. The monoisotopic (exact) mass is 245 g/mol. The zero-order valence-corrected chi connectivity index (χ0v) is 10.2. The average Bonchev–Trinajstić information content (AvgIpc) is 2.85. The Kier molecular flexibility index (Phi) is 3.77. The lowest BCUT2D eigenvalue weighted by molar-refractivity contribution is 0.0697. The molecule has 0 aliphatic carbocycles. The van der Waals surface area contributed by atoms with E-state index in [9.17, 15) is 4.79 Å². The Hall–Kier alpha value is -2.10. The summed E-state index contributed by atoms with van der Waals surface area (Å²) in [5.74, 6) is -0.0560. The summed E-state index contributed by atoms with van der Waals surface area (Å²) in [7, 11) is 0. The molecule has 1 aromatic carbocycles. The summed E-state index contributed by atoms with van der Waals surface area (Å²) in [6, 6.07) is 8.53.